The van der Waals surface area contributed by atoms with Crippen LogP contribution in [-0.2, 0) is 5.75 Å². The van der Waals surface area contributed by atoms with Crippen LogP contribution in [0, 0.1) is 6.92 Å². The quantitative estimate of drug-likeness (QED) is 0.335. The van der Waals surface area contributed by atoms with Crippen LogP contribution in [0.15, 0.2) is 32.4 Å². The van der Waals surface area contributed by atoms with Gasteiger partial charge >= 0.3 is 0 Å². The Labute approximate surface area is 173 Å². The van der Waals surface area contributed by atoms with Gasteiger partial charge in [-0.3, -0.25) is 10.1 Å². The first kappa shape index (κ1) is 19.0. The number of pyridine rings is 1. The highest BCUT2D eigenvalue weighted by Gasteiger charge is 2.21. The number of hydrogen-bond donors (Lipinski definition) is 1. The first-order valence-electron chi connectivity index (χ1n) is 8.58. The first-order chi connectivity index (χ1) is 13.5. The summed E-state index contributed by atoms with van der Waals surface area (Å²) >= 11 is 4.67. The minimum absolute atomic E-state index is 0.156. The van der Waals surface area contributed by atoms with Crippen LogP contribution in [0.4, 0.5) is 5.13 Å². The Morgan fingerprint density at radius 1 is 1.36 bits per heavy atom. The molecule has 10 heteroatoms. The molecule has 1 N–H and O–H groups in total. The van der Waals surface area contributed by atoms with Gasteiger partial charge in [0, 0.05) is 16.3 Å². The van der Waals surface area contributed by atoms with Crippen molar-refractivity contribution < 1.29 is 9.32 Å². The number of hydrogen-bond acceptors (Lipinski definition) is 9. The zero-order chi connectivity index (χ0) is 19.7. The van der Waals surface area contributed by atoms with Crippen molar-refractivity contribution in [2.75, 3.05) is 5.32 Å². The third kappa shape index (κ3) is 3.94. The second-order valence-electron chi connectivity index (χ2n) is 6.39. The number of anilines is 1. The molecule has 0 unspecified atom stereocenters. The lowest BCUT2D eigenvalue weighted by molar-refractivity contribution is 0.102. The van der Waals surface area contributed by atoms with E-state index < -0.39 is 0 Å². The van der Waals surface area contributed by atoms with E-state index in [1.54, 1.807) is 36.1 Å². The number of carbonyl (C=O) groups excluding carboxylic acids is 1. The van der Waals surface area contributed by atoms with Gasteiger partial charge in [0.05, 0.1) is 16.6 Å². The minimum atomic E-state index is -0.272. The molecule has 4 heterocycles. The molecule has 0 atom stereocenters. The van der Waals surface area contributed by atoms with E-state index in [1.165, 1.54) is 16.2 Å². The summed E-state index contributed by atoms with van der Waals surface area (Å²) in [5, 5.41) is 18.2. The fourth-order valence-corrected chi connectivity index (χ4v) is 5.12. The minimum Gasteiger partial charge on any atom is -0.336 e. The molecule has 28 heavy (non-hydrogen) atoms. The van der Waals surface area contributed by atoms with Gasteiger partial charge in [-0.2, -0.15) is 0 Å². The van der Waals surface area contributed by atoms with E-state index in [-0.39, 0.29) is 11.8 Å². The Kier molecular flexibility index (Phi) is 5.42. The number of thioether (sulfide) groups is 1. The molecule has 0 spiro atoms. The largest absolute Gasteiger partial charge is 0.336 e. The van der Waals surface area contributed by atoms with Crippen molar-refractivity contribution in [3.05, 3.63) is 45.4 Å². The van der Waals surface area contributed by atoms with Crippen LogP contribution in [0.2, 0.25) is 0 Å². The van der Waals surface area contributed by atoms with E-state index in [0.29, 0.717) is 27.5 Å². The number of nitrogens with zero attached hydrogens (tertiary/aromatic N) is 4. The van der Waals surface area contributed by atoms with Crippen molar-refractivity contribution in [1.29, 1.82) is 0 Å². The summed E-state index contributed by atoms with van der Waals surface area (Å²) in [5.74, 6) is 0.720. The van der Waals surface area contributed by atoms with Crippen LogP contribution in [0.3, 0.4) is 0 Å². The molecule has 0 radical (unpaired) electrons. The lowest BCUT2D eigenvalue weighted by Gasteiger charge is -2.08. The molecule has 4 aromatic rings. The first-order valence-corrected chi connectivity index (χ1v) is 11.3. The van der Waals surface area contributed by atoms with Crippen molar-refractivity contribution in [2.24, 2.45) is 0 Å². The number of thiophene rings is 1. The number of carbonyl (C=O) groups is 1. The molecule has 0 aliphatic rings. The lowest BCUT2D eigenvalue weighted by Crippen LogP contribution is -2.13. The molecule has 1 amide bonds. The van der Waals surface area contributed by atoms with Crippen LogP contribution < -0.4 is 5.32 Å². The van der Waals surface area contributed by atoms with Gasteiger partial charge in [-0.1, -0.05) is 48.2 Å². The zero-order valence-corrected chi connectivity index (χ0v) is 17.9. The predicted molar refractivity (Wildman–Crippen MR) is 112 cm³/mol. The molecular weight excluding hydrogens is 414 g/mol. The topological polar surface area (TPSA) is 93.8 Å². The SMILES string of the molecule is Cc1noc2nc(C(C)C)cc(C(=O)Nc3nnc(SCc4cccs4)s3)c12. The van der Waals surface area contributed by atoms with E-state index in [2.05, 4.69) is 37.1 Å². The van der Waals surface area contributed by atoms with Crippen LogP contribution in [-0.4, -0.2) is 26.2 Å². The van der Waals surface area contributed by atoms with Gasteiger partial charge in [0.15, 0.2) is 4.34 Å². The molecule has 0 saturated heterocycles. The Bertz CT molecular complexity index is 1120. The summed E-state index contributed by atoms with van der Waals surface area (Å²) in [6, 6.07) is 5.91. The Morgan fingerprint density at radius 2 is 2.21 bits per heavy atom. The van der Waals surface area contributed by atoms with Crippen LogP contribution in [0.5, 0.6) is 0 Å². The molecule has 144 valence electrons. The van der Waals surface area contributed by atoms with Gasteiger partial charge in [0.25, 0.3) is 11.6 Å². The number of nitrogens with one attached hydrogen (secondary N) is 1. The van der Waals surface area contributed by atoms with Crippen molar-refractivity contribution in [3.63, 3.8) is 0 Å². The fraction of sp³-hybridized carbons (Fsp3) is 0.278. The van der Waals surface area contributed by atoms with Gasteiger partial charge < -0.3 is 4.52 Å². The van der Waals surface area contributed by atoms with Crippen LogP contribution >= 0.6 is 34.4 Å². The predicted octanol–water partition coefficient (Wildman–Crippen LogP) is 5.11. The van der Waals surface area contributed by atoms with Crippen molar-refractivity contribution in [1.82, 2.24) is 20.3 Å². The van der Waals surface area contributed by atoms with E-state index in [4.69, 9.17) is 4.52 Å². The Balaban J connectivity index is 1.54. The molecule has 0 aromatic carbocycles. The maximum atomic E-state index is 12.9. The van der Waals surface area contributed by atoms with Crippen LogP contribution in [0.1, 0.15) is 46.4 Å². The van der Waals surface area contributed by atoms with E-state index >= 15 is 0 Å². The Hall–Kier alpha value is -2.30. The summed E-state index contributed by atoms with van der Waals surface area (Å²) in [4.78, 5) is 18.7. The average Bonchev–Trinajstić information content (AvgIpc) is 3.41. The van der Waals surface area contributed by atoms with Gasteiger partial charge in [-0.05, 0) is 30.4 Å². The number of amides is 1. The summed E-state index contributed by atoms with van der Waals surface area (Å²) in [6.45, 7) is 5.82. The second kappa shape index (κ2) is 7.98. The standard InChI is InChI=1S/C18H17N5O2S3/c1-9(2)13-7-12(14-10(3)23-25-16(14)19-13)15(24)20-17-21-22-18(28-17)27-8-11-5-4-6-26-11/h4-7,9H,8H2,1-3H3,(H,20,21,24). The second-order valence-corrected chi connectivity index (χ2v) is 9.63. The molecule has 4 aromatic heterocycles. The molecule has 0 bridgehead atoms. The van der Waals surface area contributed by atoms with Crippen LogP contribution in [0.25, 0.3) is 11.1 Å². The Morgan fingerprint density at radius 3 is 2.96 bits per heavy atom. The summed E-state index contributed by atoms with van der Waals surface area (Å²) in [6.07, 6.45) is 0. The highest BCUT2D eigenvalue weighted by molar-refractivity contribution is 8.00. The summed E-state index contributed by atoms with van der Waals surface area (Å²) in [7, 11) is 0. The summed E-state index contributed by atoms with van der Waals surface area (Å²) in [5.41, 5.74) is 2.26. The highest BCUT2D eigenvalue weighted by atomic mass is 32.2. The summed E-state index contributed by atoms with van der Waals surface area (Å²) < 4.78 is 6.10. The smallest absolute Gasteiger partial charge is 0.259 e. The molecule has 0 aliphatic heterocycles. The van der Waals surface area contributed by atoms with Crippen molar-refractivity contribution >= 4 is 56.6 Å². The van der Waals surface area contributed by atoms with Gasteiger partial charge in [-0.25, -0.2) is 4.98 Å². The zero-order valence-electron chi connectivity index (χ0n) is 15.4. The number of rotatable bonds is 6. The maximum Gasteiger partial charge on any atom is 0.259 e. The third-order valence-corrected chi connectivity index (χ3v) is 7.10. The van der Waals surface area contributed by atoms with Crippen molar-refractivity contribution in [2.45, 2.75) is 36.8 Å². The van der Waals surface area contributed by atoms with Gasteiger partial charge in [0.2, 0.25) is 5.13 Å². The molecule has 4 rings (SSSR count). The van der Waals surface area contributed by atoms with E-state index in [1.807, 2.05) is 19.9 Å². The number of aromatic nitrogens is 4. The maximum absolute atomic E-state index is 12.9. The van der Waals surface area contributed by atoms with Gasteiger partial charge in [0.1, 0.15) is 0 Å². The van der Waals surface area contributed by atoms with Gasteiger partial charge in [-0.15, -0.1) is 21.5 Å². The fourth-order valence-electron chi connectivity index (χ4n) is 2.60. The molecule has 0 aliphatic carbocycles. The molecule has 0 saturated carbocycles. The number of aryl methyl sites for hydroxylation is 1. The molecular formula is C18H17N5O2S3. The lowest BCUT2D eigenvalue weighted by atomic mass is 10.0. The third-order valence-electron chi connectivity index (χ3n) is 4.02. The monoisotopic (exact) mass is 431 g/mol. The van der Waals surface area contributed by atoms with E-state index in [0.717, 1.165) is 15.8 Å². The molecule has 0 fully saturated rings. The van der Waals surface area contributed by atoms with Crippen molar-refractivity contribution in [3.8, 4) is 0 Å². The van der Waals surface area contributed by atoms with E-state index in [9.17, 15) is 4.79 Å². The molecule has 7 nitrogen and oxygen atoms in total. The highest BCUT2D eigenvalue weighted by Crippen LogP contribution is 2.31. The average molecular weight is 432 g/mol. The normalized spacial score (nSPS) is 11.4. The number of fused-ring (bicyclic) bond motifs is 1.